The van der Waals surface area contributed by atoms with E-state index in [1.807, 2.05) is 42.5 Å². The highest BCUT2D eigenvalue weighted by molar-refractivity contribution is 5.94. The molecular weight excluding hydrogens is 316 g/mol. The summed E-state index contributed by atoms with van der Waals surface area (Å²) >= 11 is 0. The van der Waals surface area contributed by atoms with Crippen molar-refractivity contribution >= 4 is 5.91 Å². The second-order valence-corrected chi connectivity index (χ2v) is 5.91. The van der Waals surface area contributed by atoms with Gasteiger partial charge < -0.3 is 10.1 Å². The van der Waals surface area contributed by atoms with Crippen LogP contribution in [0.25, 0.3) is 22.5 Å². The minimum absolute atomic E-state index is 0.0688. The van der Waals surface area contributed by atoms with Crippen molar-refractivity contribution in [3.8, 4) is 28.3 Å². The molecule has 0 atom stereocenters. The lowest BCUT2D eigenvalue weighted by Gasteiger charge is -2.05. The number of fused-ring (bicyclic) bond motifs is 1. The lowest BCUT2D eigenvalue weighted by molar-refractivity contribution is 0.0950. The Bertz CT molecular complexity index is 915. The maximum atomic E-state index is 12.1. The Morgan fingerprint density at radius 3 is 2.72 bits per heavy atom. The van der Waals surface area contributed by atoms with Crippen LogP contribution >= 0.6 is 0 Å². The Morgan fingerprint density at radius 2 is 1.92 bits per heavy atom. The maximum absolute atomic E-state index is 12.1. The van der Waals surface area contributed by atoms with Crippen LogP contribution in [0.3, 0.4) is 0 Å². The summed E-state index contributed by atoms with van der Waals surface area (Å²) in [5.74, 6) is 0.740. The molecule has 4 rings (SSSR count). The van der Waals surface area contributed by atoms with Crippen LogP contribution in [0.5, 0.6) is 5.75 Å². The van der Waals surface area contributed by atoms with Gasteiger partial charge in [0.05, 0.1) is 18.5 Å². The molecule has 0 unspecified atom stereocenters. The van der Waals surface area contributed by atoms with Crippen molar-refractivity contribution < 1.29 is 9.53 Å². The molecule has 0 radical (unpaired) electrons. The summed E-state index contributed by atoms with van der Waals surface area (Å²) in [7, 11) is 1.65. The molecule has 25 heavy (non-hydrogen) atoms. The van der Waals surface area contributed by atoms with Crippen LogP contribution in [0.1, 0.15) is 16.9 Å². The summed E-state index contributed by atoms with van der Waals surface area (Å²) in [4.78, 5) is 16.6. The van der Waals surface area contributed by atoms with Gasteiger partial charge in [-0.25, -0.2) is 0 Å². The maximum Gasteiger partial charge on any atom is 0.269 e. The Hall–Kier alpha value is -3.15. The molecule has 1 aliphatic rings. The van der Waals surface area contributed by atoms with Crippen molar-refractivity contribution in [2.75, 3.05) is 13.7 Å². The molecule has 126 valence electrons. The number of nitrogens with zero attached hydrogens (tertiary/aromatic N) is 3. The first kappa shape index (κ1) is 15.4. The number of rotatable bonds is 3. The number of carbonyl (C=O) groups is 1. The van der Waals surface area contributed by atoms with E-state index >= 15 is 0 Å². The zero-order valence-corrected chi connectivity index (χ0v) is 13.9. The lowest BCUT2D eigenvalue weighted by Crippen LogP contribution is -2.22. The second-order valence-electron chi connectivity index (χ2n) is 5.91. The molecule has 6 heteroatoms. The molecule has 0 saturated heterocycles. The predicted octanol–water partition coefficient (Wildman–Crippen LogP) is 2.75. The van der Waals surface area contributed by atoms with E-state index in [9.17, 15) is 4.79 Å². The third-order valence-corrected chi connectivity index (χ3v) is 4.29. The van der Waals surface area contributed by atoms with Gasteiger partial charge in [-0.15, -0.1) is 0 Å². The number of benzene rings is 1. The molecule has 2 aromatic heterocycles. The van der Waals surface area contributed by atoms with E-state index in [0.29, 0.717) is 12.2 Å². The van der Waals surface area contributed by atoms with Gasteiger partial charge in [0, 0.05) is 30.4 Å². The number of hydrogen-bond acceptors (Lipinski definition) is 4. The summed E-state index contributed by atoms with van der Waals surface area (Å²) in [5.41, 5.74) is 4.18. The molecule has 1 aromatic carbocycles. The van der Waals surface area contributed by atoms with Gasteiger partial charge in [-0.2, -0.15) is 5.10 Å². The Morgan fingerprint density at radius 1 is 1.08 bits per heavy atom. The number of nitrogens with one attached hydrogen (secondary N) is 1. The molecule has 1 N–H and O–H groups in total. The van der Waals surface area contributed by atoms with Crippen molar-refractivity contribution in [1.29, 1.82) is 0 Å². The van der Waals surface area contributed by atoms with Gasteiger partial charge in [0.25, 0.3) is 5.91 Å². The first-order chi connectivity index (χ1) is 12.2. The van der Waals surface area contributed by atoms with Gasteiger partial charge >= 0.3 is 0 Å². The van der Waals surface area contributed by atoms with E-state index in [2.05, 4.69) is 15.4 Å². The van der Waals surface area contributed by atoms with Gasteiger partial charge in [-0.1, -0.05) is 0 Å². The van der Waals surface area contributed by atoms with Gasteiger partial charge in [0.15, 0.2) is 0 Å². The standard InChI is InChI=1S/C19H18N4O2/c1-25-15-5-3-13(4-6-15)16-11-14(7-9-20-16)17-12-18-19(24)21-8-2-10-23(18)22-17/h3-7,9,11-12H,2,8,10H2,1H3,(H,21,24). The second kappa shape index (κ2) is 6.39. The molecule has 6 nitrogen and oxygen atoms in total. The molecule has 0 bridgehead atoms. The summed E-state index contributed by atoms with van der Waals surface area (Å²) in [6.45, 7) is 1.43. The SMILES string of the molecule is COc1ccc(-c2cc(-c3cc4n(n3)CCCNC4=O)ccn2)cc1. The fourth-order valence-corrected chi connectivity index (χ4v) is 2.94. The molecule has 0 aliphatic carbocycles. The highest BCUT2D eigenvalue weighted by Crippen LogP contribution is 2.26. The van der Waals surface area contributed by atoms with Crippen LogP contribution in [0, 0.1) is 0 Å². The number of aryl methyl sites for hydroxylation is 1. The highest BCUT2D eigenvalue weighted by atomic mass is 16.5. The summed E-state index contributed by atoms with van der Waals surface area (Å²) < 4.78 is 6.98. The normalized spacial score (nSPS) is 13.7. The van der Waals surface area contributed by atoms with Crippen molar-refractivity contribution in [3.05, 3.63) is 54.4 Å². The van der Waals surface area contributed by atoms with E-state index in [1.54, 1.807) is 18.0 Å². The van der Waals surface area contributed by atoms with Gasteiger partial charge in [0.2, 0.25) is 0 Å². The first-order valence-corrected chi connectivity index (χ1v) is 8.21. The third-order valence-electron chi connectivity index (χ3n) is 4.29. The zero-order valence-electron chi connectivity index (χ0n) is 13.9. The Kier molecular flexibility index (Phi) is 3.93. The molecule has 0 saturated carbocycles. The largest absolute Gasteiger partial charge is 0.497 e. The number of hydrogen-bond donors (Lipinski definition) is 1. The van der Waals surface area contributed by atoms with Gasteiger partial charge in [-0.3, -0.25) is 14.5 Å². The number of amides is 1. The van der Waals surface area contributed by atoms with E-state index in [4.69, 9.17) is 4.74 Å². The number of methoxy groups -OCH3 is 1. The lowest BCUT2D eigenvalue weighted by atomic mass is 10.1. The smallest absolute Gasteiger partial charge is 0.269 e. The van der Waals surface area contributed by atoms with Gasteiger partial charge in [-0.05, 0) is 48.9 Å². The van der Waals surface area contributed by atoms with E-state index in [1.165, 1.54) is 0 Å². The van der Waals surface area contributed by atoms with Crippen molar-refractivity contribution in [1.82, 2.24) is 20.1 Å². The van der Waals surface area contributed by atoms with Crippen molar-refractivity contribution in [2.24, 2.45) is 0 Å². The number of pyridine rings is 1. The zero-order chi connectivity index (χ0) is 17.2. The third kappa shape index (κ3) is 2.98. The topological polar surface area (TPSA) is 69.0 Å². The quantitative estimate of drug-likeness (QED) is 0.800. The predicted molar refractivity (Wildman–Crippen MR) is 94.4 cm³/mol. The molecule has 1 amide bonds. The highest BCUT2D eigenvalue weighted by Gasteiger charge is 2.18. The van der Waals surface area contributed by atoms with Crippen LogP contribution in [-0.4, -0.2) is 34.3 Å². The van der Waals surface area contributed by atoms with Crippen LogP contribution < -0.4 is 10.1 Å². The fraction of sp³-hybridized carbons (Fsp3) is 0.211. The van der Waals surface area contributed by atoms with Gasteiger partial charge in [0.1, 0.15) is 11.4 Å². The van der Waals surface area contributed by atoms with Crippen molar-refractivity contribution in [2.45, 2.75) is 13.0 Å². The van der Waals surface area contributed by atoms with Crippen LogP contribution in [0.4, 0.5) is 0 Å². The summed E-state index contributed by atoms with van der Waals surface area (Å²) in [6.07, 6.45) is 2.65. The summed E-state index contributed by atoms with van der Waals surface area (Å²) in [5, 5.41) is 7.49. The average Bonchev–Trinajstić information content (AvgIpc) is 3.02. The summed E-state index contributed by atoms with van der Waals surface area (Å²) in [6, 6.07) is 13.5. The Balaban J connectivity index is 1.70. The molecule has 1 aliphatic heterocycles. The molecule has 0 fully saturated rings. The molecular formula is C19H18N4O2. The molecule has 0 spiro atoms. The molecule has 3 aromatic rings. The van der Waals surface area contributed by atoms with E-state index in [0.717, 1.165) is 41.2 Å². The monoisotopic (exact) mass is 334 g/mol. The minimum atomic E-state index is -0.0688. The average molecular weight is 334 g/mol. The first-order valence-electron chi connectivity index (χ1n) is 8.21. The number of aromatic nitrogens is 3. The van der Waals surface area contributed by atoms with E-state index in [-0.39, 0.29) is 5.91 Å². The molecule has 3 heterocycles. The Labute approximate surface area is 145 Å². The minimum Gasteiger partial charge on any atom is -0.497 e. The van der Waals surface area contributed by atoms with E-state index < -0.39 is 0 Å². The van der Waals surface area contributed by atoms with Crippen LogP contribution in [0.2, 0.25) is 0 Å². The number of ether oxygens (including phenoxy) is 1. The van der Waals surface area contributed by atoms with Crippen molar-refractivity contribution in [3.63, 3.8) is 0 Å². The fourth-order valence-electron chi connectivity index (χ4n) is 2.94. The number of carbonyl (C=O) groups excluding carboxylic acids is 1. The van der Waals surface area contributed by atoms with Crippen LogP contribution in [-0.2, 0) is 6.54 Å². The van der Waals surface area contributed by atoms with Crippen LogP contribution in [0.15, 0.2) is 48.7 Å².